The normalized spacial score (nSPS) is 19.7. The number of aliphatic hydroxyl groups excluding tert-OH is 1. The Morgan fingerprint density at radius 2 is 2.04 bits per heavy atom. The summed E-state index contributed by atoms with van der Waals surface area (Å²) in [5.74, 6) is -2.23. The maximum atomic E-state index is 12.8. The summed E-state index contributed by atoms with van der Waals surface area (Å²) >= 11 is 1.42. The van der Waals surface area contributed by atoms with Gasteiger partial charge in [-0.25, -0.2) is 10.3 Å². The summed E-state index contributed by atoms with van der Waals surface area (Å²) in [6, 6.07) is -0.706. The van der Waals surface area contributed by atoms with E-state index < -0.39 is 35.8 Å². The molecule has 3 N–H and O–H groups in total. The van der Waals surface area contributed by atoms with Crippen LogP contribution in [0.15, 0.2) is 0 Å². The fourth-order valence-corrected chi connectivity index (χ4v) is 3.60. The highest BCUT2D eigenvalue weighted by Crippen LogP contribution is 2.27. The molecule has 0 saturated carbocycles. The molecule has 0 bridgehead atoms. The van der Waals surface area contributed by atoms with Gasteiger partial charge in [-0.05, 0) is 12.8 Å². The number of hydrogen-bond donors (Lipinski definition) is 3. The summed E-state index contributed by atoms with van der Waals surface area (Å²) in [5.41, 5.74) is 1.37. The highest BCUT2D eigenvalue weighted by Gasteiger charge is 2.41. The van der Waals surface area contributed by atoms with Gasteiger partial charge in [-0.2, -0.15) is 0 Å². The third-order valence-corrected chi connectivity index (χ3v) is 4.84. The summed E-state index contributed by atoms with van der Waals surface area (Å²) in [4.78, 5) is 37.8. The number of hydroxylamine groups is 1. The number of nitrogens with zero attached hydrogens (tertiary/aromatic N) is 1. The molecule has 2 amide bonds. The highest BCUT2D eigenvalue weighted by atomic mass is 32.2. The van der Waals surface area contributed by atoms with Crippen molar-refractivity contribution in [1.82, 2.24) is 10.4 Å². The maximum absolute atomic E-state index is 12.8. The van der Waals surface area contributed by atoms with Crippen LogP contribution in [0.5, 0.6) is 0 Å². The van der Waals surface area contributed by atoms with Crippen LogP contribution in [0.1, 0.15) is 39.5 Å². The molecule has 138 valence electrons. The third-order valence-electron chi connectivity index (χ3n) is 3.83. The Hall–Kier alpha value is -1.32. The van der Waals surface area contributed by atoms with Crippen molar-refractivity contribution in [1.29, 1.82) is 0 Å². The number of nitrogens with one attached hydrogen (secondary N) is 1. The molecular formula is C15H26N2O6S. The molecule has 24 heavy (non-hydrogen) atoms. The Morgan fingerprint density at radius 3 is 2.62 bits per heavy atom. The van der Waals surface area contributed by atoms with Crippen molar-refractivity contribution < 1.29 is 29.4 Å². The van der Waals surface area contributed by atoms with Gasteiger partial charge in [0.05, 0.1) is 18.4 Å². The van der Waals surface area contributed by atoms with Crippen LogP contribution in [-0.4, -0.2) is 63.4 Å². The molecule has 1 saturated heterocycles. The van der Waals surface area contributed by atoms with E-state index in [0.717, 1.165) is 6.42 Å². The van der Waals surface area contributed by atoms with Crippen molar-refractivity contribution in [2.75, 3.05) is 18.2 Å². The lowest BCUT2D eigenvalue weighted by Gasteiger charge is -2.28. The largest absolute Gasteiger partial charge is 0.464 e. The fraction of sp³-hybridized carbons (Fsp3) is 0.800. The quantitative estimate of drug-likeness (QED) is 0.311. The van der Waals surface area contributed by atoms with Crippen LogP contribution in [0.2, 0.25) is 0 Å². The van der Waals surface area contributed by atoms with Gasteiger partial charge in [0.15, 0.2) is 0 Å². The minimum atomic E-state index is -1.66. The average Bonchev–Trinajstić information content (AvgIpc) is 3.08. The van der Waals surface area contributed by atoms with Crippen LogP contribution in [0.4, 0.5) is 0 Å². The monoisotopic (exact) mass is 362 g/mol. The highest BCUT2D eigenvalue weighted by molar-refractivity contribution is 7.99. The smallest absolute Gasteiger partial charge is 0.329 e. The number of aliphatic hydroxyl groups is 1. The molecule has 0 radical (unpaired) electrons. The number of hydrogen-bond acceptors (Lipinski definition) is 7. The molecule has 0 aromatic carbocycles. The van der Waals surface area contributed by atoms with E-state index in [0.29, 0.717) is 30.9 Å². The number of carbonyl (C=O) groups is 3. The SMILES string of the molecule is CCCC[C@@H](C(=O)N1CSC[C@H]1C(=O)OCCC)[C@H](O)C(=O)NO. The van der Waals surface area contributed by atoms with Gasteiger partial charge in [0.1, 0.15) is 12.1 Å². The number of amides is 2. The minimum Gasteiger partial charge on any atom is -0.464 e. The molecule has 1 rings (SSSR count). The summed E-state index contributed by atoms with van der Waals surface area (Å²) < 4.78 is 5.12. The van der Waals surface area contributed by atoms with Crippen LogP contribution in [0.25, 0.3) is 0 Å². The van der Waals surface area contributed by atoms with Crippen molar-refractivity contribution in [3.63, 3.8) is 0 Å². The molecule has 1 heterocycles. The van der Waals surface area contributed by atoms with Crippen molar-refractivity contribution >= 4 is 29.5 Å². The summed E-state index contributed by atoms with van der Waals surface area (Å²) in [5, 5.41) is 18.8. The standard InChI is InChI=1S/C15H26N2O6S/c1-3-5-6-10(12(18)13(19)16-22)14(20)17-9-24-8-11(17)15(21)23-7-4-2/h10-12,18,22H,3-9H2,1-2H3,(H,16,19)/t10-,11+,12+/m1/s1. The number of ether oxygens (including phenoxy) is 1. The van der Waals surface area contributed by atoms with E-state index in [-0.39, 0.29) is 6.61 Å². The Morgan fingerprint density at radius 1 is 1.33 bits per heavy atom. The number of rotatable bonds is 9. The predicted molar refractivity (Wildman–Crippen MR) is 88.2 cm³/mol. The van der Waals surface area contributed by atoms with E-state index in [1.807, 2.05) is 13.8 Å². The first kappa shape index (κ1) is 20.7. The van der Waals surface area contributed by atoms with Gasteiger partial charge in [0.25, 0.3) is 5.91 Å². The first-order valence-corrected chi connectivity index (χ1v) is 9.30. The van der Waals surface area contributed by atoms with Crippen LogP contribution >= 0.6 is 11.8 Å². The number of carbonyl (C=O) groups excluding carboxylic acids is 3. The van der Waals surface area contributed by atoms with Gasteiger partial charge in [0.2, 0.25) is 5.91 Å². The Bertz CT molecular complexity index is 448. The Kier molecular flexibility index (Phi) is 9.09. The molecule has 0 spiro atoms. The zero-order valence-corrected chi connectivity index (χ0v) is 14.9. The molecule has 1 fully saturated rings. The molecular weight excluding hydrogens is 336 g/mol. The lowest BCUT2D eigenvalue weighted by molar-refractivity contribution is -0.158. The molecule has 8 nitrogen and oxygen atoms in total. The molecule has 1 aliphatic heterocycles. The topological polar surface area (TPSA) is 116 Å². The molecule has 3 atom stereocenters. The minimum absolute atomic E-state index is 0.289. The van der Waals surface area contributed by atoms with Crippen LogP contribution in [0, 0.1) is 5.92 Å². The van der Waals surface area contributed by atoms with Gasteiger partial charge in [-0.1, -0.05) is 26.7 Å². The van der Waals surface area contributed by atoms with Gasteiger partial charge < -0.3 is 14.7 Å². The van der Waals surface area contributed by atoms with E-state index in [2.05, 4.69) is 0 Å². The van der Waals surface area contributed by atoms with Crippen molar-refractivity contribution in [2.45, 2.75) is 51.7 Å². The Labute approximate surface area is 145 Å². The third kappa shape index (κ3) is 5.35. The summed E-state index contributed by atoms with van der Waals surface area (Å²) in [6.45, 7) is 4.09. The molecule has 0 aliphatic carbocycles. The van der Waals surface area contributed by atoms with Crippen LogP contribution < -0.4 is 5.48 Å². The van der Waals surface area contributed by atoms with Gasteiger partial charge in [0, 0.05) is 5.75 Å². The lowest BCUT2D eigenvalue weighted by atomic mass is 9.93. The Balaban J connectivity index is 2.86. The van der Waals surface area contributed by atoms with Crippen molar-refractivity contribution in [3.8, 4) is 0 Å². The van der Waals surface area contributed by atoms with E-state index in [1.165, 1.54) is 22.1 Å². The van der Waals surface area contributed by atoms with E-state index in [9.17, 15) is 19.5 Å². The second-order valence-corrected chi connectivity index (χ2v) is 6.66. The second kappa shape index (κ2) is 10.5. The first-order chi connectivity index (χ1) is 11.5. The second-order valence-electron chi connectivity index (χ2n) is 5.66. The lowest BCUT2D eigenvalue weighted by Crippen LogP contribution is -2.50. The van der Waals surface area contributed by atoms with E-state index in [1.54, 1.807) is 0 Å². The molecule has 0 unspecified atom stereocenters. The fourth-order valence-electron chi connectivity index (χ4n) is 2.46. The van der Waals surface area contributed by atoms with Gasteiger partial charge in [-0.15, -0.1) is 11.8 Å². The average molecular weight is 362 g/mol. The van der Waals surface area contributed by atoms with Gasteiger partial charge in [-0.3, -0.25) is 14.8 Å². The summed E-state index contributed by atoms with van der Waals surface area (Å²) in [7, 11) is 0. The molecule has 9 heteroatoms. The van der Waals surface area contributed by atoms with Crippen molar-refractivity contribution in [3.05, 3.63) is 0 Å². The predicted octanol–water partition coefficient (Wildman–Crippen LogP) is 0.514. The zero-order chi connectivity index (χ0) is 18.1. The number of esters is 1. The number of unbranched alkanes of at least 4 members (excludes halogenated alkanes) is 1. The van der Waals surface area contributed by atoms with Gasteiger partial charge >= 0.3 is 5.97 Å². The van der Waals surface area contributed by atoms with Crippen LogP contribution in [0.3, 0.4) is 0 Å². The van der Waals surface area contributed by atoms with E-state index in [4.69, 9.17) is 9.94 Å². The molecule has 1 aliphatic rings. The number of thioether (sulfide) groups is 1. The van der Waals surface area contributed by atoms with Crippen LogP contribution in [-0.2, 0) is 19.1 Å². The zero-order valence-electron chi connectivity index (χ0n) is 14.1. The molecule has 0 aromatic heterocycles. The maximum Gasteiger partial charge on any atom is 0.329 e. The van der Waals surface area contributed by atoms with E-state index >= 15 is 0 Å². The molecule has 0 aromatic rings. The summed E-state index contributed by atoms with van der Waals surface area (Å²) in [6.07, 6.45) is 0.744. The van der Waals surface area contributed by atoms with Crippen molar-refractivity contribution in [2.24, 2.45) is 5.92 Å². The first-order valence-electron chi connectivity index (χ1n) is 8.14.